The summed E-state index contributed by atoms with van der Waals surface area (Å²) in [5.41, 5.74) is -2.74. The monoisotopic (exact) mass is 772 g/mol. The molecule has 0 aliphatic rings. The highest BCUT2D eigenvalue weighted by molar-refractivity contribution is 6.02. The molecule has 0 saturated heterocycles. The first-order valence-electron chi connectivity index (χ1n) is 16.3. The number of amides is 2. The smallest absolute Gasteiger partial charge is 0.248 e. The van der Waals surface area contributed by atoms with Crippen LogP contribution in [0.15, 0.2) is 121 Å². The van der Waals surface area contributed by atoms with E-state index in [-0.39, 0.29) is 11.4 Å². The zero-order valence-electron chi connectivity index (χ0n) is 28.4. The predicted octanol–water partition coefficient (Wildman–Crippen LogP) is 11.4. The lowest BCUT2D eigenvalue weighted by molar-refractivity contribution is -0.112. The van der Waals surface area contributed by atoms with Gasteiger partial charge in [0.15, 0.2) is 23.3 Å². The van der Waals surface area contributed by atoms with Crippen LogP contribution in [0.25, 0.3) is 23.3 Å². The molecule has 0 heterocycles. The average Bonchev–Trinajstić information content (AvgIpc) is 3.20. The summed E-state index contributed by atoms with van der Waals surface area (Å²) in [6.07, 6.45) is 5.40. The molecule has 0 aromatic heterocycles. The summed E-state index contributed by atoms with van der Waals surface area (Å²) in [5.74, 6) is -24.6. The average molecular weight is 773 g/mol. The van der Waals surface area contributed by atoms with E-state index < -0.39 is 92.5 Å². The number of carbonyl (C=O) groups is 2. The maximum Gasteiger partial charge on any atom is 0.248 e. The summed E-state index contributed by atoms with van der Waals surface area (Å²) in [6, 6.07) is 27.1. The molecule has 6 nitrogen and oxygen atoms in total. The molecule has 6 aromatic rings. The molecule has 0 bridgehead atoms. The van der Waals surface area contributed by atoms with Crippen LogP contribution in [-0.4, -0.2) is 11.8 Å². The van der Waals surface area contributed by atoms with Crippen molar-refractivity contribution in [3.8, 4) is 34.1 Å². The first-order chi connectivity index (χ1) is 26.9. The highest BCUT2D eigenvalue weighted by Gasteiger charge is 2.35. The Morgan fingerprint density at radius 1 is 0.429 bits per heavy atom. The fourth-order valence-electron chi connectivity index (χ4n) is 5.19. The van der Waals surface area contributed by atoms with E-state index >= 15 is 35.1 Å². The number of hydrogen-bond donors (Lipinski definition) is 2. The van der Waals surface area contributed by atoms with Crippen LogP contribution in [0, 0.1) is 46.5 Å². The van der Waals surface area contributed by atoms with Crippen molar-refractivity contribution < 1.29 is 54.2 Å². The summed E-state index contributed by atoms with van der Waals surface area (Å²) in [4.78, 5) is 24.7. The molecule has 0 unspecified atom stereocenters. The maximum absolute atomic E-state index is 15.4. The Morgan fingerprint density at radius 3 is 1.11 bits per heavy atom. The number of benzene rings is 6. The van der Waals surface area contributed by atoms with Crippen molar-refractivity contribution >= 4 is 35.3 Å². The molecule has 282 valence electrons. The minimum atomic E-state index is -2.45. The van der Waals surface area contributed by atoms with Gasteiger partial charge in [0.1, 0.15) is 11.5 Å². The molecular formula is C42H24F8N2O4. The Balaban J connectivity index is 1.23. The molecule has 0 saturated carbocycles. The first kappa shape index (κ1) is 38.5. The number of hydrogen-bond acceptors (Lipinski definition) is 4. The van der Waals surface area contributed by atoms with E-state index in [9.17, 15) is 9.59 Å². The number of rotatable bonds is 11. The fourth-order valence-corrected chi connectivity index (χ4v) is 5.19. The molecule has 2 N–H and O–H groups in total. The highest BCUT2D eigenvalue weighted by atomic mass is 19.2. The summed E-state index contributed by atoms with van der Waals surface area (Å²) in [5, 5.41) is 4.92. The van der Waals surface area contributed by atoms with E-state index in [4.69, 9.17) is 9.47 Å². The van der Waals surface area contributed by atoms with E-state index in [1.165, 1.54) is 48.6 Å². The molecule has 0 fully saturated rings. The van der Waals surface area contributed by atoms with Gasteiger partial charge < -0.3 is 20.1 Å². The van der Waals surface area contributed by atoms with Gasteiger partial charge in [0.05, 0.1) is 11.1 Å². The Bertz CT molecular complexity index is 2280. The van der Waals surface area contributed by atoms with Crippen molar-refractivity contribution in [3.63, 3.8) is 0 Å². The third-order valence-corrected chi connectivity index (χ3v) is 7.79. The number of halogens is 8. The molecule has 6 rings (SSSR count). The van der Waals surface area contributed by atoms with Gasteiger partial charge in [-0.15, -0.1) is 0 Å². The van der Waals surface area contributed by atoms with E-state index in [1.807, 2.05) is 0 Å². The minimum Gasteiger partial charge on any atom is -0.451 e. The van der Waals surface area contributed by atoms with Gasteiger partial charge in [0.2, 0.25) is 46.6 Å². The van der Waals surface area contributed by atoms with Gasteiger partial charge in [-0.25, -0.2) is 17.6 Å². The van der Waals surface area contributed by atoms with E-state index in [1.54, 1.807) is 60.7 Å². The van der Waals surface area contributed by atoms with Crippen molar-refractivity contribution in [2.24, 2.45) is 0 Å². The Hall–Kier alpha value is -7.22. The third kappa shape index (κ3) is 8.60. The van der Waals surface area contributed by atoms with Crippen LogP contribution in [-0.2, 0) is 9.59 Å². The lowest BCUT2D eigenvalue weighted by atomic mass is 10.0. The summed E-state index contributed by atoms with van der Waals surface area (Å²) in [7, 11) is 0. The van der Waals surface area contributed by atoms with Gasteiger partial charge in [-0.3, -0.25) is 9.59 Å². The fraction of sp³-hybridized carbons (Fsp3) is 0. The van der Waals surface area contributed by atoms with Crippen LogP contribution in [0.5, 0.6) is 23.0 Å². The van der Waals surface area contributed by atoms with E-state index in [0.717, 1.165) is 24.3 Å². The lowest BCUT2D eigenvalue weighted by Gasteiger charge is -2.16. The van der Waals surface area contributed by atoms with Crippen LogP contribution in [0.2, 0.25) is 0 Å². The second kappa shape index (κ2) is 16.8. The Labute approximate surface area is 313 Å². The topological polar surface area (TPSA) is 76.7 Å². The molecule has 14 heteroatoms. The van der Waals surface area contributed by atoms with Crippen LogP contribution < -0.4 is 20.1 Å². The zero-order chi connectivity index (χ0) is 39.9. The number of anilines is 2. The normalized spacial score (nSPS) is 11.2. The quantitative estimate of drug-likeness (QED) is 0.0781. The molecule has 0 radical (unpaired) electrons. The number of carbonyl (C=O) groups excluding carboxylic acids is 2. The maximum atomic E-state index is 15.4. The van der Waals surface area contributed by atoms with Crippen LogP contribution in [0.1, 0.15) is 11.1 Å². The van der Waals surface area contributed by atoms with E-state index in [0.29, 0.717) is 11.1 Å². The third-order valence-electron chi connectivity index (χ3n) is 7.79. The Morgan fingerprint density at radius 2 is 0.768 bits per heavy atom. The summed E-state index contributed by atoms with van der Waals surface area (Å²) >= 11 is 0. The van der Waals surface area contributed by atoms with Crippen molar-refractivity contribution in [2.75, 3.05) is 10.6 Å². The first-order valence-corrected chi connectivity index (χ1v) is 16.3. The van der Waals surface area contributed by atoms with Gasteiger partial charge in [-0.05, 0) is 47.5 Å². The molecule has 56 heavy (non-hydrogen) atoms. The molecule has 0 aliphatic heterocycles. The van der Waals surface area contributed by atoms with Gasteiger partial charge in [-0.1, -0.05) is 72.8 Å². The summed E-state index contributed by atoms with van der Waals surface area (Å²) in [6.45, 7) is 0. The molecule has 0 atom stereocenters. The lowest BCUT2D eigenvalue weighted by Crippen LogP contribution is -2.10. The zero-order valence-corrected chi connectivity index (χ0v) is 28.4. The standard InChI is InChI=1S/C42H24F8N2O4/c43-33-31(34(44)38(48)41(37(33)47)55-27-15-7-13-25(21-27)51-29(53)19-17-23-9-3-1-4-10-23)32-35(45)39(49)42(40(50)36(32)46)56-28-16-8-14-26(22-28)52-30(54)20-18-24-11-5-2-6-12-24/h1-22H,(H,51,53)(H,52,54)/b19-17+,20-18+. The second-order valence-corrected chi connectivity index (χ2v) is 11.6. The van der Waals surface area contributed by atoms with Crippen LogP contribution in [0.3, 0.4) is 0 Å². The SMILES string of the molecule is O=C(/C=C/c1ccccc1)Nc1cccc(Oc2c(F)c(F)c(-c3c(F)c(F)c(Oc4cccc(NC(=O)/C=C/c5ccccc5)c4)c(F)c3F)c(F)c2F)c1. The van der Waals surface area contributed by atoms with Crippen molar-refractivity contribution in [2.45, 2.75) is 0 Å². The molecule has 2 amide bonds. The predicted molar refractivity (Wildman–Crippen MR) is 193 cm³/mol. The molecule has 6 aromatic carbocycles. The minimum absolute atomic E-state index is 0.0356. The molecular weight excluding hydrogens is 748 g/mol. The van der Waals surface area contributed by atoms with Gasteiger partial charge in [0, 0.05) is 35.7 Å². The van der Waals surface area contributed by atoms with Crippen molar-refractivity contribution in [1.29, 1.82) is 0 Å². The number of ether oxygens (including phenoxy) is 2. The van der Waals surface area contributed by atoms with Crippen LogP contribution in [0.4, 0.5) is 46.5 Å². The van der Waals surface area contributed by atoms with Gasteiger partial charge in [-0.2, -0.15) is 17.6 Å². The largest absolute Gasteiger partial charge is 0.451 e. The second-order valence-electron chi connectivity index (χ2n) is 11.6. The van der Waals surface area contributed by atoms with Gasteiger partial charge in [0.25, 0.3) is 0 Å². The van der Waals surface area contributed by atoms with Crippen molar-refractivity contribution in [1.82, 2.24) is 0 Å². The van der Waals surface area contributed by atoms with Gasteiger partial charge >= 0.3 is 0 Å². The Kier molecular flexibility index (Phi) is 11.6. The van der Waals surface area contributed by atoms with E-state index in [2.05, 4.69) is 10.6 Å². The number of nitrogens with one attached hydrogen (secondary N) is 2. The highest BCUT2D eigenvalue weighted by Crippen LogP contribution is 2.43. The molecule has 0 aliphatic carbocycles. The van der Waals surface area contributed by atoms with Crippen LogP contribution >= 0.6 is 0 Å². The summed E-state index contributed by atoms with van der Waals surface area (Å²) < 4.78 is 133. The van der Waals surface area contributed by atoms with Crippen molar-refractivity contribution in [3.05, 3.63) is 179 Å². The molecule has 0 spiro atoms.